The number of hydrogen-bond acceptors (Lipinski definition) is 8. The normalized spacial score (nSPS) is 23.0. The van der Waals surface area contributed by atoms with Crippen LogP contribution in [0.15, 0.2) is 60.7 Å². The van der Waals surface area contributed by atoms with Crippen molar-refractivity contribution < 1.29 is 38.1 Å². The van der Waals surface area contributed by atoms with E-state index in [2.05, 4.69) is 12.2 Å². The number of esters is 4. The van der Waals surface area contributed by atoms with Crippen molar-refractivity contribution in [2.45, 2.75) is 90.9 Å². The lowest BCUT2D eigenvalue weighted by Gasteiger charge is -2.78. The largest absolute Gasteiger partial charge is 0.427 e. The van der Waals surface area contributed by atoms with E-state index >= 15 is 0 Å². The summed E-state index contributed by atoms with van der Waals surface area (Å²) in [5, 5.41) is 0. The van der Waals surface area contributed by atoms with E-state index < -0.39 is 21.7 Å². The molecule has 0 N–H and O–H groups in total. The SMILES string of the molecule is CCC(=O)Oc1ccc(C2=CC3(C(=O)O2)C2(CCCCC2)C2(C=C(c4ccc(OC(=O)CC)cc4)OC2=O)C32CCCCC2)cc1. The number of carbonyl (C=O) groups excluding carboxylic acids is 4. The summed E-state index contributed by atoms with van der Waals surface area (Å²) in [6.45, 7) is 3.49. The molecule has 0 unspecified atom stereocenters. The highest BCUT2D eigenvalue weighted by atomic mass is 16.6. The van der Waals surface area contributed by atoms with Gasteiger partial charge in [-0.15, -0.1) is 0 Å². The van der Waals surface area contributed by atoms with Crippen LogP contribution in [0.3, 0.4) is 0 Å². The molecule has 8 nitrogen and oxygen atoms in total. The minimum Gasteiger partial charge on any atom is -0.427 e. The number of fused-ring (bicyclic) bond motifs is 4. The molecule has 8 heteroatoms. The van der Waals surface area contributed by atoms with E-state index in [4.69, 9.17) is 18.9 Å². The van der Waals surface area contributed by atoms with Gasteiger partial charge in [-0.1, -0.05) is 52.4 Å². The van der Waals surface area contributed by atoms with Crippen molar-refractivity contribution in [3.05, 3.63) is 71.8 Å². The van der Waals surface area contributed by atoms with Crippen LogP contribution in [0, 0.1) is 21.7 Å². The number of cyclic esters (lactones) is 2. The van der Waals surface area contributed by atoms with Crippen molar-refractivity contribution >= 4 is 35.4 Å². The molecule has 3 fully saturated rings. The number of benzene rings is 2. The van der Waals surface area contributed by atoms with Gasteiger partial charge in [0.05, 0.1) is 0 Å². The molecule has 0 bridgehead atoms. The molecule has 5 aliphatic rings. The van der Waals surface area contributed by atoms with Gasteiger partial charge >= 0.3 is 23.9 Å². The summed E-state index contributed by atoms with van der Waals surface area (Å²) in [7, 11) is 0. The third kappa shape index (κ3) is 4.04. The average molecular weight is 625 g/mol. The van der Waals surface area contributed by atoms with E-state index in [0.29, 0.717) is 23.0 Å². The van der Waals surface area contributed by atoms with Crippen molar-refractivity contribution in [1.82, 2.24) is 0 Å². The van der Waals surface area contributed by atoms with E-state index in [1.54, 1.807) is 38.1 Å². The fourth-order valence-corrected chi connectivity index (χ4v) is 9.69. The van der Waals surface area contributed by atoms with E-state index in [1.165, 1.54) is 0 Å². The first-order chi connectivity index (χ1) is 22.3. The molecule has 0 saturated heterocycles. The second-order valence-electron chi connectivity index (χ2n) is 13.4. The van der Waals surface area contributed by atoms with Gasteiger partial charge < -0.3 is 18.9 Å². The highest BCUT2D eigenvalue weighted by Gasteiger charge is 2.92. The van der Waals surface area contributed by atoms with Crippen LogP contribution in [0.25, 0.3) is 11.5 Å². The van der Waals surface area contributed by atoms with Crippen LogP contribution in [0.1, 0.15) is 102 Å². The quantitative estimate of drug-likeness (QED) is 0.238. The Balaban J connectivity index is 1.33. The van der Waals surface area contributed by atoms with Gasteiger partial charge in [0, 0.05) is 34.8 Å². The van der Waals surface area contributed by atoms with Crippen LogP contribution in [0.5, 0.6) is 11.5 Å². The van der Waals surface area contributed by atoms with Gasteiger partial charge in [0.15, 0.2) is 0 Å². The zero-order chi connectivity index (χ0) is 32.2. The third-order valence-electron chi connectivity index (χ3n) is 11.5. The highest BCUT2D eigenvalue weighted by Crippen LogP contribution is 2.89. The van der Waals surface area contributed by atoms with Crippen molar-refractivity contribution in [2.75, 3.05) is 0 Å². The molecule has 0 atom stereocenters. The van der Waals surface area contributed by atoms with Crippen LogP contribution in [0.2, 0.25) is 0 Å². The van der Waals surface area contributed by atoms with Crippen molar-refractivity contribution in [3.8, 4) is 11.5 Å². The van der Waals surface area contributed by atoms with Crippen LogP contribution < -0.4 is 9.47 Å². The molecule has 2 aromatic rings. The van der Waals surface area contributed by atoms with Crippen molar-refractivity contribution in [2.24, 2.45) is 21.7 Å². The Morgan fingerprint density at radius 2 is 0.935 bits per heavy atom. The van der Waals surface area contributed by atoms with E-state index in [-0.39, 0.29) is 36.7 Å². The Bertz CT molecular complexity index is 1500. The molecule has 7 rings (SSSR count). The molecule has 0 radical (unpaired) electrons. The van der Waals surface area contributed by atoms with Gasteiger partial charge in [0.2, 0.25) is 0 Å². The molecular formula is C38H40O8. The van der Waals surface area contributed by atoms with Crippen LogP contribution in [-0.4, -0.2) is 23.9 Å². The molecule has 0 aromatic heterocycles. The fourth-order valence-electron chi connectivity index (χ4n) is 9.69. The lowest BCUT2D eigenvalue weighted by atomic mass is 9.20. The van der Waals surface area contributed by atoms with E-state index in [0.717, 1.165) is 75.3 Å². The Labute approximate surface area is 269 Å². The maximum absolute atomic E-state index is 14.6. The summed E-state index contributed by atoms with van der Waals surface area (Å²) in [4.78, 5) is 52.7. The van der Waals surface area contributed by atoms with Crippen molar-refractivity contribution in [1.29, 1.82) is 0 Å². The Kier molecular flexibility index (Phi) is 7.45. The monoisotopic (exact) mass is 624 g/mol. The zero-order valence-corrected chi connectivity index (χ0v) is 26.5. The summed E-state index contributed by atoms with van der Waals surface area (Å²) in [6.07, 6.45) is 13.3. The second kappa shape index (κ2) is 11.2. The molecule has 0 amide bonds. The van der Waals surface area contributed by atoms with Gasteiger partial charge in [-0.2, -0.15) is 0 Å². The van der Waals surface area contributed by atoms with E-state index in [9.17, 15) is 19.2 Å². The first-order valence-electron chi connectivity index (χ1n) is 16.8. The fraction of sp³-hybridized carbons (Fsp3) is 0.474. The van der Waals surface area contributed by atoms with Crippen LogP contribution in [0.4, 0.5) is 0 Å². The van der Waals surface area contributed by atoms with Crippen LogP contribution in [-0.2, 0) is 28.7 Å². The molecule has 2 aromatic carbocycles. The predicted molar refractivity (Wildman–Crippen MR) is 169 cm³/mol. The Hall–Kier alpha value is -4.20. The zero-order valence-electron chi connectivity index (χ0n) is 26.5. The minimum absolute atomic E-state index is 0.268. The summed E-state index contributed by atoms with van der Waals surface area (Å²) in [5.74, 6) is 0.699. The van der Waals surface area contributed by atoms with Gasteiger partial charge in [-0.3, -0.25) is 19.2 Å². The molecule has 4 spiro atoms. The van der Waals surface area contributed by atoms with Gasteiger partial charge in [-0.05, 0) is 86.4 Å². The molecule has 46 heavy (non-hydrogen) atoms. The number of rotatable bonds is 6. The molecule has 2 aliphatic heterocycles. The maximum Gasteiger partial charge on any atom is 0.322 e. The topological polar surface area (TPSA) is 105 Å². The smallest absolute Gasteiger partial charge is 0.322 e. The molecule has 2 heterocycles. The Morgan fingerprint density at radius 3 is 1.26 bits per heavy atom. The lowest BCUT2D eigenvalue weighted by Crippen LogP contribution is -2.82. The van der Waals surface area contributed by atoms with Gasteiger partial charge in [0.25, 0.3) is 0 Å². The van der Waals surface area contributed by atoms with Crippen LogP contribution >= 0.6 is 0 Å². The minimum atomic E-state index is -0.966. The number of ether oxygens (including phenoxy) is 4. The molecule has 3 aliphatic carbocycles. The molecule has 3 saturated carbocycles. The van der Waals surface area contributed by atoms with Gasteiger partial charge in [0.1, 0.15) is 33.8 Å². The van der Waals surface area contributed by atoms with Crippen molar-refractivity contribution in [3.63, 3.8) is 0 Å². The first kappa shape index (κ1) is 30.5. The summed E-state index contributed by atoms with van der Waals surface area (Å²) < 4.78 is 23.1. The van der Waals surface area contributed by atoms with Gasteiger partial charge in [-0.25, -0.2) is 0 Å². The summed E-state index contributed by atoms with van der Waals surface area (Å²) >= 11 is 0. The first-order valence-corrected chi connectivity index (χ1v) is 16.8. The molecule has 240 valence electrons. The lowest BCUT2D eigenvalue weighted by molar-refractivity contribution is -0.301. The maximum atomic E-state index is 14.6. The summed E-state index contributed by atoms with van der Waals surface area (Å²) in [6, 6.07) is 14.1. The number of carbonyl (C=O) groups is 4. The number of hydrogen-bond donors (Lipinski definition) is 0. The standard InChI is InChI=1S/C38H40O8/c1-3-31(39)43-27-15-11-25(12-16-27)29-23-37(33(41)45-29)35(19-7-5-8-20-35)38(36(37)21-9-6-10-22-36)24-30(46-34(38)42)26-13-17-28(18-14-26)44-32(40)4-2/h11-18,23-24H,3-10,19-22H2,1-2H3. The predicted octanol–water partition coefficient (Wildman–Crippen LogP) is 7.70. The highest BCUT2D eigenvalue weighted by molar-refractivity contribution is 6.03. The average Bonchev–Trinajstić information content (AvgIpc) is 3.66. The second-order valence-corrected chi connectivity index (χ2v) is 13.4. The molecular weight excluding hydrogens is 584 g/mol. The Morgan fingerprint density at radius 1 is 0.587 bits per heavy atom. The van der Waals surface area contributed by atoms with E-state index in [1.807, 2.05) is 24.3 Å². The third-order valence-corrected chi connectivity index (χ3v) is 11.5. The summed E-state index contributed by atoms with van der Waals surface area (Å²) in [5.41, 5.74) is -1.83.